The van der Waals surface area contributed by atoms with Gasteiger partial charge in [0.1, 0.15) is 0 Å². The Labute approximate surface area is 103 Å². The summed E-state index contributed by atoms with van der Waals surface area (Å²) in [4.78, 5) is 2.41. The van der Waals surface area contributed by atoms with Gasteiger partial charge < -0.3 is 5.73 Å². The minimum atomic E-state index is 0.0230. The van der Waals surface area contributed by atoms with E-state index in [0.717, 1.165) is 21.9 Å². The molecule has 0 aliphatic heterocycles. The van der Waals surface area contributed by atoms with Crippen LogP contribution in [-0.2, 0) is 6.42 Å². The molecule has 15 heavy (non-hydrogen) atoms. The van der Waals surface area contributed by atoms with Crippen molar-refractivity contribution in [3.63, 3.8) is 0 Å². The number of hydrogen-bond acceptors (Lipinski definition) is 3. The smallest absolute Gasteiger partial charge is 0.0590 e. The summed E-state index contributed by atoms with van der Waals surface area (Å²) in [5.41, 5.74) is 7.26. The SMILES string of the molecule is Cc1csc(C(N)Cc2cccs2)c1Cl. The highest BCUT2D eigenvalue weighted by atomic mass is 35.5. The van der Waals surface area contributed by atoms with Crippen LogP contribution < -0.4 is 5.73 Å². The summed E-state index contributed by atoms with van der Waals surface area (Å²) in [6.45, 7) is 2.01. The Morgan fingerprint density at radius 2 is 2.27 bits per heavy atom. The first kappa shape index (κ1) is 11.1. The lowest BCUT2D eigenvalue weighted by Crippen LogP contribution is -2.11. The number of rotatable bonds is 3. The normalized spacial score (nSPS) is 13.0. The van der Waals surface area contributed by atoms with Crippen molar-refractivity contribution in [2.75, 3.05) is 0 Å². The van der Waals surface area contributed by atoms with Crippen LogP contribution in [0.25, 0.3) is 0 Å². The lowest BCUT2D eigenvalue weighted by atomic mass is 10.1. The number of aryl methyl sites for hydroxylation is 1. The van der Waals surface area contributed by atoms with Crippen LogP contribution in [0.3, 0.4) is 0 Å². The first-order valence-corrected chi connectivity index (χ1v) is 6.83. The summed E-state index contributed by atoms with van der Waals surface area (Å²) < 4.78 is 0. The third kappa shape index (κ3) is 2.42. The number of nitrogens with two attached hydrogens (primary N) is 1. The predicted molar refractivity (Wildman–Crippen MR) is 69.0 cm³/mol. The fraction of sp³-hybridized carbons (Fsp3) is 0.273. The quantitative estimate of drug-likeness (QED) is 0.883. The third-order valence-corrected chi connectivity index (χ3v) is 5.01. The molecule has 2 rings (SSSR count). The first-order valence-electron chi connectivity index (χ1n) is 4.70. The van der Waals surface area contributed by atoms with E-state index in [1.165, 1.54) is 4.88 Å². The summed E-state index contributed by atoms with van der Waals surface area (Å²) >= 11 is 9.57. The first-order chi connectivity index (χ1) is 7.18. The molecule has 0 bridgehead atoms. The van der Waals surface area contributed by atoms with E-state index < -0.39 is 0 Å². The van der Waals surface area contributed by atoms with Crippen molar-refractivity contribution >= 4 is 34.3 Å². The summed E-state index contributed by atoms with van der Waals surface area (Å²) in [5, 5.41) is 4.97. The van der Waals surface area contributed by atoms with Crippen LogP contribution in [0.1, 0.15) is 21.4 Å². The lowest BCUT2D eigenvalue weighted by Gasteiger charge is -2.08. The minimum Gasteiger partial charge on any atom is -0.323 e. The van der Waals surface area contributed by atoms with E-state index in [1.54, 1.807) is 22.7 Å². The molecule has 2 aromatic heterocycles. The average Bonchev–Trinajstić information content (AvgIpc) is 2.79. The van der Waals surface area contributed by atoms with E-state index in [4.69, 9.17) is 17.3 Å². The molecule has 0 spiro atoms. The van der Waals surface area contributed by atoms with Crippen LogP contribution in [-0.4, -0.2) is 0 Å². The zero-order chi connectivity index (χ0) is 10.8. The molecular formula is C11H12ClNS2. The molecule has 0 aromatic carbocycles. The van der Waals surface area contributed by atoms with Crippen molar-refractivity contribution in [3.8, 4) is 0 Å². The monoisotopic (exact) mass is 257 g/mol. The second-order valence-electron chi connectivity index (χ2n) is 3.49. The molecular weight excluding hydrogens is 246 g/mol. The number of hydrogen-bond donors (Lipinski definition) is 1. The van der Waals surface area contributed by atoms with E-state index in [1.807, 2.05) is 13.0 Å². The molecule has 0 amide bonds. The van der Waals surface area contributed by atoms with Gasteiger partial charge in [0, 0.05) is 22.2 Å². The van der Waals surface area contributed by atoms with Gasteiger partial charge in [-0.3, -0.25) is 0 Å². The molecule has 1 unspecified atom stereocenters. The molecule has 1 nitrogen and oxygen atoms in total. The molecule has 2 heterocycles. The fourth-order valence-corrected chi connectivity index (χ4v) is 3.54. The third-order valence-electron chi connectivity index (χ3n) is 2.26. The van der Waals surface area contributed by atoms with Gasteiger partial charge in [0.2, 0.25) is 0 Å². The van der Waals surface area contributed by atoms with Crippen molar-refractivity contribution in [2.45, 2.75) is 19.4 Å². The van der Waals surface area contributed by atoms with Gasteiger partial charge in [0.25, 0.3) is 0 Å². The molecule has 1 atom stereocenters. The van der Waals surface area contributed by atoms with Gasteiger partial charge in [0.15, 0.2) is 0 Å². The zero-order valence-corrected chi connectivity index (χ0v) is 10.8. The van der Waals surface area contributed by atoms with Gasteiger partial charge in [0.05, 0.1) is 5.02 Å². The number of halogens is 1. The molecule has 2 N–H and O–H groups in total. The van der Waals surface area contributed by atoms with Gasteiger partial charge in [-0.25, -0.2) is 0 Å². The van der Waals surface area contributed by atoms with Crippen molar-refractivity contribution in [3.05, 3.63) is 43.2 Å². The molecule has 80 valence electrons. The highest BCUT2D eigenvalue weighted by Gasteiger charge is 2.14. The van der Waals surface area contributed by atoms with E-state index in [9.17, 15) is 0 Å². The van der Waals surface area contributed by atoms with Crippen LogP contribution in [0.4, 0.5) is 0 Å². The van der Waals surface area contributed by atoms with Crippen LogP contribution in [0.5, 0.6) is 0 Å². The molecule has 0 radical (unpaired) electrons. The standard InChI is InChI=1S/C11H12ClNS2/c1-7-6-15-11(10(7)12)9(13)5-8-3-2-4-14-8/h2-4,6,9H,5,13H2,1H3. The van der Waals surface area contributed by atoms with Gasteiger partial charge in [-0.1, -0.05) is 17.7 Å². The van der Waals surface area contributed by atoms with Crippen LogP contribution in [0, 0.1) is 6.92 Å². The summed E-state index contributed by atoms with van der Waals surface area (Å²) in [6, 6.07) is 4.18. The highest BCUT2D eigenvalue weighted by molar-refractivity contribution is 7.11. The van der Waals surface area contributed by atoms with E-state index in [2.05, 4.69) is 16.8 Å². The molecule has 0 saturated heterocycles. The summed E-state index contributed by atoms with van der Waals surface area (Å²) in [7, 11) is 0. The van der Waals surface area contributed by atoms with Gasteiger partial charge in [-0.15, -0.1) is 22.7 Å². The summed E-state index contributed by atoms with van der Waals surface area (Å²) in [5.74, 6) is 0. The molecule has 4 heteroatoms. The molecule has 0 saturated carbocycles. The average molecular weight is 258 g/mol. The second-order valence-corrected chi connectivity index (χ2v) is 5.81. The van der Waals surface area contributed by atoms with Crippen molar-refractivity contribution < 1.29 is 0 Å². The van der Waals surface area contributed by atoms with E-state index in [0.29, 0.717) is 0 Å². The van der Waals surface area contributed by atoms with Crippen LogP contribution in [0.2, 0.25) is 5.02 Å². The Kier molecular flexibility index (Phi) is 3.46. The van der Waals surface area contributed by atoms with Gasteiger partial charge in [-0.05, 0) is 29.3 Å². The molecule has 0 fully saturated rings. The Balaban J connectivity index is 2.14. The molecule has 2 aromatic rings. The highest BCUT2D eigenvalue weighted by Crippen LogP contribution is 2.33. The minimum absolute atomic E-state index is 0.0230. The van der Waals surface area contributed by atoms with E-state index >= 15 is 0 Å². The van der Waals surface area contributed by atoms with Crippen LogP contribution >= 0.6 is 34.3 Å². The number of thiophene rings is 2. The Morgan fingerprint density at radius 3 is 2.80 bits per heavy atom. The topological polar surface area (TPSA) is 26.0 Å². The zero-order valence-electron chi connectivity index (χ0n) is 8.37. The Bertz CT molecular complexity index is 433. The molecule has 0 aliphatic carbocycles. The van der Waals surface area contributed by atoms with Crippen molar-refractivity contribution in [1.82, 2.24) is 0 Å². The summed E-state index contributed by atoms with van der Waals surface area (Å²) in [6.07, 6.45) is 0.872. The van der Waals surface area contributed by atoms with Gasteiger partial charge >= 0.3 is 0 Å². The van der Waals surface area contributed by atoms with Crippen LogP contribution in [0.15, 0.2) is 22.9 Å². The maximum absolute atomic E-state index is 6.18. The van der Waals surface area contributed by atoms with Crippen molar-refractivity contribution in [2.24, 2.45) is 5.73 Å². The Hall–Kier alpha value is -0.350. The van der Waals surface area contributed by atoms with Gasteiger partial charge in [-0.2, -0.15) is 0 Å². The maximum atomic E-state index is 6.18. The van der Waals surface area contributed by atoms with E-state index in [-0.39, 0.29) is 6.04 Å². The largest absolute Gasteiger partial charge is 0.323 e. The second kappa shape index (κ2) is 4.66. The molecule has 0 aliphatic rings. The lowest BCUT2D eigenvalue weighted by molar-refractivity contribution is 0.745. The Morgan fingerprint density at radius 1 is 1.47 bits per heavy atom. The fourth-order valence-electron chi connectivity index (χ4n) is 1.44. The maximum Gasteiger partial charge on any atom is 0.0590 e. The predicted octanol–water partition coefficient (Wildman–Crippen LogP) is 4.01. The van der Waals surface area contributed by atoms with Crippen molar-refractivity contribution in [1.29, 1.82) is 0 Å².